The maximum atomic E-state index is 12.8. The molecular formula is C13H11FN2O3. The van der Waals surface area contributed by atoms with Gasteiger partial charge in [-0.1, -0.05) is 5.16 Å². The molecule has 0 atom stereocenters. The number of hydrogen-bond acceptors (Lipinski definition) is 5. The Labute approximate surface area is 108 Å². The van der Waals surface area contributed by atoms with Crippen LogP contribution in [0.3, 0.4) is 0 Å². The van der Waals surface area contributed by atoms with Gasteiger partial charge in [0.2, 0.25) is 5.82 Å². The Hall–Kier alpha value is -2.24. The number of hydrogen-bond donors (Lipinski definition) is 0. The first-order chi connectivity index (χ1) is 9.22. The molecule has 0 bridgehead atoms. The van der Waals surface area contributed by atoms with Crippen LogP contribution in [0.25, 0.3) is 11.5 Å². The molecule has 98 valence electrons. The molecule has 0 unspecified atom stereocenters. The quantitative estimate of drug-likeness (QED) is 0.791. The molecule has 1 saturated carbocycles. The van der Waals surface area contributed by atoms with Crippen molar-refractivity contribution in [1.29, 1.82) is 0 Å². The first-order valence-corrected chi connectivity index (χ1v) is 5.97. The van der Waals surface area contributed by atoms with Gasteiger partial charge in [0.15, 0.2) is 6.61 Å². The van der Waals surface area contributed by atoms with Crippen molar-refractivity contribution < 1.29 is 18.4 Å². The molecule has 1 fully saturated rings. The van der Waals surface area contributed by atoms with E-state index >= 15 is 0 Å². The van der Waals surface area contributed by atoms with Crippen molar-refractivity contribution in [1.82, 2.24) is 10.1 Å². The van der Waals surface area contributed by atoms with E-state index in [1.807, 2.05) is 0 Å². The third-order valence-electron chi connectivity index (χ3n) is 2.81. The largest absolute Gasteiger partial charge is 0.457 e. The molecule has 1 aromatic carbocycles. The van der Waals surface area contributed by atoms with Crippen LogP contribution in [0.4, 0.5) is 4.39 Å². The number of halogens is 1. The highest BCUT2D eigenvalue weighted by molar-refractivity contribution is 5.74. The second-order valence-electron chi connectivity index (χ2n) is 4.40. The van der Waals surface area contributed by atoms with E-state index in [1.165, 1.54) is 12.1 Å². The van der Waals surface area contributed by atoms with E-state index in [4.69, 9.17) is 9.26 Å². The summed E-state index contributed by atoms with van der Waals surface area (Å²) in [4.78, 5) is 15.4. The molecule has 1 aromatic heterocycles. The number of esters is 1. The lowest BCUT2D eigenvalue weighted by Crippen LogP contribution is -2.07. The average molecular weight is 262 g/mol. The van der Waals surface area contributed by atoms with E-state index in [9.17, 15) is 9.18 Å². The molecule has 0 aliphatic heterocycles. The molecule has 5 nitrogen and oxygen atoms in total. The van der Waals surface area contributed by atoms with Crippen LogP contribution >= 0.6 is 0 Å². The molecule has 2 aromatic rings. The highest BCUT2D eigenvalue weighted by Crippen LogP contribution is 2.30. The number of rotatable bonds is 4. The summed E-state index contributed by atoms with van der Waals surface area (Å²) in [5.41, 5.74) is 0.619. The van der Waals surface area contributed by atoms with Crippen molar-refractivity contribution >= 4 is 5.97 Å². The number of aromatic nitrogens is 2. The number of carbonyl (C=O) groups is 1. The maximum absolute atomic E-state index is 12.8. The summed E-state index contributed by atoms with van der Waals surface area (Å²) in [5, 5.41) is 3.71. The highest BCUT2D eigenvalue weighted by atomic mass is 19.1. The van der Waals surface area contributed by atoms with E-state index in [1.54, 1.807) is 12.1 Å². The molecule has 1 heterocycles. The Morgan fingerprint density at radius 2 is 2.11 bits per heavy atom. The summed E-state index contributed by atoms with van der Waals surface area (Å²) in [6.45, 7) is 0.0000278. The Kier molecular flexibility index (Phi) is 2.98. The molecule has 6 heteroatoms. The van der Waals surface area contributed by atoms with Crippen LogP contribution in [0.1, 0.15) is 18.7 Å². The van der Waals surface area contributed by atoms with Crippen molar-refractivity contribution in [3.63, 3.8) is 0 Å². The molecule has 3 rings (SSSR count). The molecule has 19 heavy (non-hydrogen) atoms. The van der Waals surface area contributed by atoms with Gasteiger partial charge >= 0.3 is 5.97 Å². The van der Waals surface area contributed by atoms with Crippen molar-refractivity contribution in [3.05, 3.63) is 35.9 Å². The molecule has 0 spiro atoms. The molecule has 0 radical (unpaired) electrons. The van der Waals surface area contributed by atoms with Gasteiger partial charge in [0, 0.05) is 5.56 Å². The van der Waals surface area contributed by atoms with Crippen LogP contribution in [0.2, 0.25) is 0 Å². The van der Waals surface area contributed by atoms with E-state index in [2.05, 4.69) is 10.1 Å². The zero-order chi connectivity index (χ0) is 13.2. The first kappa shape index (κ1) is 11.8. The molecule has 1 aliphatic rings. The highest BCUT2D eigenvalue weighted by Gasteiger charge is 2.31. The van der Waals surface area contributed by atoms with E-state index in [0.29, 0.717) is 11.4 Å². The number of ether oxygens (including phenoxy) is 1. The Morgan fingerprint density at radius 3 is 2.79 bits per heavy atom. The molecule has 0 amide bonds. The summed E-state index contributed by atoms with van der Waals surface area (Å²) in [7, 11) is 0. The Morgan fingerprint density at radius 1 is 1.37 bits per heavy atom. The van der Waals surface area contributed by atoms with Gasteiger partial charge in [-0.05, 0) is 37.1 Å². The number of nitrogens with zero attached hydrogens (tertiary/aromatic N) is 2. The first-order valence-electron chi connectivity index (χ1n) is 5.97. The van der Waals surface area contributed by atoms with Crippen LogP contribution in [0.5, 0.6) is 0 Å². The number of benzene rings is 1. The van der Waals surface area contributed by atoms with Crippen LogP contribution in [-0.2, 0) is 16.1 Å². The SMILES string of the molecule is O=C(OCc1noc(-c2ccc(F)cc2)n1)C1CC1. The second kappa shape index (κ2) is 4.79. The summed E-state index contributed by atoms with van der Waals surface area (Å²) >= 11 is 0. The third-order valence-corrected chi connectivity index (χ3v) is 2.81. The fraction of sp³-hybridized carbons (Fsp3) is 0.308. The van der Waals surface area contributed by atoms with Gasteiger partial charge in [-0.25, -0.2) is 4.39 Å². The van der Waals surface area contributed by atoms with Crippen molar-refractivity contribution in [2.75, 3.05) is 0 Å². The third kappa shape index (κ3) is 2.78. The van der Waals surface area contributed by atoms with Gasteiger partial charge in [-0.3, -0.25) is 4.79 Å². The minimum atomic E-state index is -0.332. The lowest BCUT2D eigenvalue weighted by molar-refractivity contribution is -0.146. The summed E-state index contributed by atoms with van der Waals surface area (Å²) in [6.07, 6.45) is 1.79. The zero-order valence-electron chi connectivity index (χ0n) is 10.0. The fourth-order valence-corrected chi connectivity index (χ4v) is 1.59. The standard InChI is InChI=1S/C13H11FN2O3/c14-10-5-3-8(4-6-10)12-15-11(16-19-12)7-18-13(17)9-1-2-9/h3-6,9H,1-2,7H2. The zero-order valence-corrected chi connectivity index (χ0v) is 10.0. The van der Waals surface area contributed by atoms with Gasteiger partial charge < -0.3 is 9.26 Å². The summed E-state index contributed by atoms with van der Waals surface area (Å²) in [5.74, 6) is 0.0734. The molecule has 1 aliphatic carbocycles. The molecule has 0 saturated heterocycles. The van der Waals surface area contributed by atoms with Gasteiger partial charge in [0.05, 0.1) is 5.92 Å². The normalized spacial score (nSPS) is 14.4. The van der Waals surface area contributed by atoms with Gasteiger partial charge in [-0.2, -0.15) is 4.98 Å². The molecular weight excluding hydrogens is 251 g/mol. The van der Waals surface area contributed by atoms with Crippen LogP contribution < -0.4 is 0 Å². The second-order valence-corrected chi connectivity index (χ2v) is 4.40. The van der Waals surface area contributed by atoms with Crippen LogP contribution in [0.15, 0.2) is 28.8 Å². The Balaban J connectivity index is 1.65. The van der Waals surface area contributed by atoms with E-state index in [0.717, 1.165) is 12.8 Å². The minimum absolute atomic E-state index is 0.0000278. The summed E-state index contributed by atoms with van der Waals surface area (Å²) in [6, 6.07) is 5.71. The van der Waals surface area contributed by atoms with E-state index in [-0.39, 0.29) is 30.2 Å². The van der Waals surface area contributed by atoms with Crippen molar-refractivity contribution in [2.45, 2.75) is 19.4 Å². The lowest BCUT2D eigenvalue weighted by Gasteiger charge is -1.98. The van der Waals surface area contributed by atoms with Crippen LogP contribution in [0, 0.1) is 11.7 Å². The fourth-order valence-electron chi connectivity index (χ4n) is 1.59. The van der Waals surface area contributed by atoms with Crippen LogP contribution in [-0.4, -0.2) is 16.1 Å². The predicted octanol–water partition coefficient (Wildman–Crippen LogP) is 2.33. The summed E-state index contributed by atoms with van der Waals surface area (Å²) < 4.78 is 22.8. The molecule has 0 N–H and O–H groups in total. The average Bonchev–Trinajstić information content (AvgIpc) is 3.16. The monoisotopic (exact) mass is 262 g/mol. The predicted molar refractivity (Wildman–Crippen MR) is 62.2 cm³/mol. The topological polar surface area (TPSA) is 65.2 Å². The van der Waals surface area contributed by atoms with Gasteiger partial charge in [0.25, 0.3) is 5.89 Å². The minimum Gasteiger partial charge on any atom is -0.457 e. The number of carbonyl (C=O) groups excluding carboxylic acids is 1. The Bertz CT molecular complexity index is 590. The van der Waals surface area contributed by atoms with Crippen molar-refractivity contribution in [2.24, 2.45) is 5.92 Å². The lowest BCUT2D eigenvalue weighted by atomic mass is 10.2. The van der Waals surface area contributed by atoms with Crippen molar-refractivity contribution in [3.8, 4) is 11.5 Å². The van der Waals surface area contributed by atoms with Gasteiger partial charge in [0.1, 0.15) is 5.82 Å². The van der Waals surface area contributed by atoms with E-state index < -0.39 is 0 Å². The van der Waals surface area contributed by atoms with Gasteiger partial charge in [-0.15, -0.1) is 0 Å². The maximum Gasteiger partial charge on any atom is 0.309 e. The smallest absolute Gasteiger partial charge is 0.309 e.